The molecule has 0 spiro atoms. The molecule has 0 N–H and O–H groups in total. The van der Waals surface area contributed by atoms with E-state index in [0.29, 0.717) is 6.04 Å². The highest BCUT2D eigenvalue weighted by Crippen LogP contribution is 2.24. The van der Waals surface area contributed by atoms with Gasteiger partial charge in [0.1, 0.15) is 0 Å². The lowest BCUT2D eigenvalue weighted by molar-refractivity contribution is 0.108. The molecule has 22 heavy (non-hydrogen) atoms. The fourth-order valence-electron chi connectivity index (χ4n) is 2.94. The van der Waals surface area contributed by atoms with Crippen LogP contribution in [0.15, 0.2) is 60.7 Å². The first-order chi connectivity index (χ1) is 10.8. The molecule has 1 aliphatic heterocycles. The Kier molecular flexibility index (Phi) is 5.30. The van der Waals surface area contributed by atoms with Gasteiger partial charge in [0, 0.05) is 23.9 Å². The zero-order valence-electron chi connectivity index (χ0n) is 12.7. The van der Waals surface area contributed by atoms with Crippen LogP contribution in [0.4, 0.5) is 0 Å². The highest BCUT2D eigenvalue weighted by atomic mass is 32.2. The van der Waals surface area contributed by atoms with Crippen LogP contribution in [0.3, 0.4) is 0 Å². The molecule has 2 nitrogen and oxygen atoms in total. The summed E-state index contributed by atoms with van der Waals surface area (Å²) >= 11 is 1.46. The highest BCUT2D eigenvalue weighted by molar-refractivity contribution is 8.14. The summed E-state index contributed by atoms with van der Waals surface area (Å²) in [5, 5.41) is 0.187. The van der Waals surface area contributed by atoms with E-state index >= 15 is 0 Å². The maximum atomic E-state index is 12.2. The van der Waals surface area contributed by atoms with Crippen LogP contribution >= 0.6 is 11.8 Å². The summed E-state index contributed by atoms with van der Waals surface area (Å²) in [4.78, 5) is 14.7. The Balaban J connectivity index is 1.54. The molecule has 2 aromatic rings. The Labute approximate surface area is 136 Å². The molecule has 0 saturated carbocycles. The average molecular weight is 311 g/mol. The van der Waals surface area contributed by atoms with Gasteiger partial charge in [-0.2, -0.15) is 0 Å². The zero-order valence-corrected chi connectivity index (χ0v) is 13.5. The maximum Gasteiger partial charge on any atom is 0.219 e. The first-order valence-electron chi connectivity index (χ1n) is 7.83. The van der Waals surface area contributed by atoms with E-state index in [0.717, 1.165) is 24.4 Å². The van der Waals surface area contributed by atoms with Crippen molar-refractivity contribution in [2.75, 3.05) is 12.3 Å². The molecule has 3 heteroatoms. The molecular formula is C19H21NOS. The Morgan fingerprint density at radius 1 is 1.05 bits per heavy atom. The van der Waals surface area contributed by atoms with E-state index in [-0.39, 0.29) is 5.12 Å². The maximum absolute atomic E-state index is 12.2. The summed E-state index contributed by atoms with van der Waals surface area (Å²) in [6.07, 6.45) is 2.43. The second-order valence-corrected chi connectivity index (χ2v) is 6.71. The molecule has 0 unspecified atom stereocenters. The molecule has 1 heterocycles. The van der Waals surface area contributed by atoms with Crippen LogP contribution in [0.25, 0.3) is 0 Å². The Hall–Kier alpha value is -1.58. The third-order valence-electron chi connectivity index (χ3n) is 4.14. The van der Waals surface area contributed by atoms with E-state index in [1.807, 2.05) is 30.3 Å². The van der Waals surface area contributed by atoms with E-state index in [1.54, 1.807) is 0 Å². The number of nitrogens with zero attached hydrogens (tertiary/aromatic N) is 1. The Morgan fingerprint density at radius 3 is 2.45 bits per heavy atom. The Bertz CT molecular complexity index is 599. The van der Waals surface area contributed by atoms with E-state index in [4.69, 9.17) is 0 Å². The number of likely N-dealkylation sites (tertiary alicyclic amines) is 1. The Morgan fingerprint density at radius 2 is 1.73 bits per heavy atom. The molecule has 0 aliphatic carbocycles. The van der Waals surface area contributed by atoms with Gasteiger partial charge in [-0.3, -0.25) is 9.69 Å². The van der Waals surface area contributed by atoms with Crippen molar-refractivity contribution < 1.29 is 4.79 Å². The summed E-state index contributed by atoms with van der Waals surface area (Å²) in [6, 6.07) is 20.7. The van der Waals surface area contributed by atoms with Crippen LogP contribution in [0, 0.1) is 0 Å². The van der Waals surface area contributed by atoms with Gasteiger partial charge in [-0.15, -0.1) is 0 Å². The van der Waals surface area contributed by atoms with E-state index in [1.165, 1.54) is 30.2 Å². The summed E-state index contributed by atoms with van der Waals surface area (Å²) in [5.74, 6) is 0.889. The minimum absolute atomic E-state index is 0.187. The summed E-state index contributed by atoms with van der Waals surface area (Å²) in [5.41, 5.74) is 2.16. The smallest absolute Gasteiger partial charge is 0.219 e. The van der Waals surface area contributed by atoms with Gasteiger partial charge in [0.15, 0.2) is 0 Å². The topological polar surface area (TPSA) is 20.3 Å². The van der Waals surface area contributed by atoms with Crippen molar-refractivity contribution in [1.82, 2.24) is 4.90 Å². The first-order valence-corrected chi connectivity index (χ1v) is 8.81. The standard InChI is InChI=1S/C19H21NOS/c21-19(17-10-5-2-6-11-17)22-15-18-12-7-13-20(18)14-16-8-3-1-4-9-16/h1-6,8-11,18H,7,12-15H2/t18-/m1/s1. The number of rotatable bonds is 5. The average Bonchev–Trinajstić information content (AvgIpc) is 3.01. The number of carbonyl (C=O) groups excluding carboxylic acids is 1. The zero-order chi connectivity index (χ0) is 15.2. The van der Waals surface area contributed by atoms with Gasteiger partial charge in [0.05, 0.1) is 0 Å². The molecule has 0 bridgehead atoms. The quantitative estimate of drug-likeness (QED) is 0.824. The van der Waals surface area contributed by atoms with Gasteiger partial charge in [-0.25, -0.2) is 0 Å². The molecule has 3 rings (SSSR count). The van der Waals surface area contributed by atoms with E-state index in [9.17, 15) is 4.79 Å². The molecule has 1 atom stereocenters. The molecule has 1 fully saturated rings. The normalized spacial score (nSPS) is 18.5. The van der Waals surface area contributed by atoms with Crippen LogP contribution in [0.2, 0.25) is 0 Å². The molecule has 2 aromatic carbocycles. The lowest BCUT2D eigenvalue weighted by Crippen LogP contribution is -2.31. The van der Waals surface area contributed by atoms with Crippen molar-refractivity contribution >= 4 is 16.9 Å². The van der Waals surface area contributed by atoms with Crippen LogP contribution in [0.5, 0.6) is 0 Å². The molecule has 0 radical (unpaired) electrons. The number of thioether (sulfide) groups is 1. The van der Waals surface area contributed by atoms with Gasteiger partial charge in [-0.1, -0.05) is 72.4 Å². The van der Waals surface area contributed by atoms with Gasteiger partial charge < -0.3 is 0 Å². The predicted octanol–water partition coefficient (Wildman–Crippen LogP) is 4.22. The van der Waals surface area contributed by atoms with Gasteiger partial charge >= 0.3 is 0 Å². The van der Waals surface area contributed by atoms with Gasteiger partial charge in [-0.05, 0) is 24.9 Å². The highest BCUT2D eigenvalue weighted by Gasteiger charge is 2.25. The van der Waals surface area contributed by atoms with Crippen LogP contribution in [0.1, 0.15) is 28.8 Å². The van der Waals surface area contributed by atoms with Gasteiger partial charge in [0.25, 0.3) is 0 Å². The number of hydrogen-bond acceptors (Lipinski definition) is 3. The van der Waals surface area contributed by atoms with Crippen molar-refractivity contribution in [3.63, 3.8) is 0 Å². The van der Waals surface area contributed by atoms with Crippen molar-refractivity contribution in [1.29, 1.82) is 0 Å². The third kappa shape index (κ3) is 3.99. The lowest BCUT2D eigenvalue weighted by atomic mass is 10.2. The summed E-state index contributed by atoms with van der Waals surface area (Å²) in [7, 11) is 0. The second kappa shape index (κ2) is 7.61. The molecule has 1 aliphatic rings. The first kappa shape index (κ1) is 15.3. The number of hydrogen-bond donors (Lipinski definition) is 0. The predicted molar refractivity (Wildman–Crippen MR) is 93.1 cm³/mol. The fraction of sp³-hybridized carbons (Fsp3) is 0.316. The van der Waals surface area contributed by atoms with Gasteiger partial charge in [0.2, 0.25) is 5.12 Å². The molecule has 0 aromatic heterocycles. The van der Waals surface area contributed by atoms with Crippen LogP contribution in [-0.4, -0.2) is 28.4 Å². The minimum Gasteiger partial charge on any atom is -0.295 e. The molecule has 0 amide bonds. The van der Waals surface area contributed by atoms with Crippen LogP contribution < -0.4 is 0 Å². The third-order valence-corrected chi connectivity index (χ3v) is 5.19. The van der Waals surface area contributed by atoms with Crippen molar-refractivity contribution in [3.05, 3.63) is 71.8 Å². The van der Waals surface area contributed by atoms with Crippen LogP contribution in [-0.2, 0) is 6.54 Å². The lowest BCUT2D eigenvalue weighted by Gasteiger charge is -2.24. The van der Waals surface area contributed by atoms with Crippen molar-refractivity contribution in [3.8, 4) is 0 Å². The second-order valence-electron chi connectivity index (χ2n) is 5.72. The van der Waals surface area contributed by atoms with E-state index in [2.05, 4.69) is 35.2 Å². The molecule has 114 valence electrons. The summed E-state index contributed by atoms with van der Waals surface area (Å²) in [6.45, 7) is 2.13. The monoisotopic (exact) mass is 311 g/mol. The number of benzene rings is 2. The fourth-order valence-corrected chi connectivity index (χ4v) is 3.96. The van der Waals surface area contributed by atoms with Crippen molar-refractivity contribution in [2.24, 2.45) is 0 Å². The van der Waals surface area contributed by atoms with Crippen molar-refractivity contribution in [2.45, 2.75) is 25.4 Å². The molecule has 1 saturated heterocycles. The van der Waals surface area contributed by atoms with E-state index < -0.39 is 0 Å². The molecular weight excluding hydrogens is 290 g/mol. The largest absolute Gasteiger partial charge is 0.295 e. The SMILES string of the molecule is O=C(SC[C@H]1CCCN1Cc1ccccc1)c1ccccc1. The number of carbonyl (C=O) groups is 1. The minimum atomic E-state index is 0.187. The summed E-state index contributed by atoms with van der Waals surface area (Å²) < 4.78 is 0.